The molecule has 2 aromatic rings. The summed E-state index contributed by atoms with van der Waals surface area (Å²) in [5, 5.41) is 21.6. The van der Waals surface area contributed by atoms with Crippen molar-refractivity contribution >= 4 is 17.8 Å². The molecule has 0 aliphatic carbocycles. The smallest absolute Gasteiger partial charge is 0.326 e. The Morgan fingerprint density at radius 3 is 2.09 bits per heavy atom. The minimum absolute atomic E-state index is 0.0494. The predicted octanol–water partition coefficient (Wildman–Crippen LogP) is 2.76. The summed E-state index contributed by atoms with van der Waals surface area (Å²) in [4.78, 5) is 37.7. The Bertz CT molecular complexity index is 898. The molecule has 2 rings (SSSR count). The molecule has 0 radical (unpaired) electrons. The third-order valence-corrected chi connectivity index (χ3v) is 5.23. The van der Waals surface area contributed by atoms with Crippen LogP contribution in [0.4, 0.5) is 0 Å². The first kappa shape index (κ1) is 24.9. The van der Waals surface area contributed by atoms with Crippen LogP contribution in [0.5, 0.6) is 5.75 Å². The second kappa shape index (κ2) is 11.9. The van der Waals surface area contributed by atoms with Gasteiger partial charge >= 0.3 is 5.97 Å². The quantitative estimate of drug-likeness (QED) is 0.313. The highest BCUT2D eigenvalue weighted by Gasteiger charge is 2.37. The molecular weight excluding hydrogens is 412 g/mol. The minimum atomic E-state index is -1.18. The molecule has 8 nitrogen and oxygen atoms in total. The van der Waals surface area contributed by atoms with Crippen molar-refractivity contribution in [2.45, 2.75) is 38.6 Å². The van der Waals surface area contributed by atoms with Crippen LogP contribution in [-0.2, 0) is 20.8 Å². The van der Waals surface area contributed by atoms with Crippen LogP contribution in [0.2, 0.25) is 0 Å². The molecule has 0 aromatic heterocycles. The molecule has 0 aliphatic rings. The SMILES string of the molecule is COc1ccc(CC(NC(=O)C(CC(C)C)C(C(=O)NO)c2ccccc2)C(=O)O)cc1. The molecule has 2 amide bonds. The third kappa shape index (κ3) is 6.81. The molecule has 0 spiro atoms. The van der Waals surface area contributed by atoms with E-state index in [1.165, 1.54) is 7.11 Å². The molecule has 172 valence electrons. The summed E-state index contributed by atoms with van der Waals surface area (Å²) in [6, 6.07) is 14.4. The summed E-state index contributed by atoms with van der Waals surface area (Å²) in [6.07, 6.45) is 0.398. The van der Waals surface area contributed by atoms with Gasteiger partial charge in [0.05, 0.1) is 18.9 Å². The van der Waals surface area contributed by atoms with Gasteiger partial charge in [0, 0.05) is 6.42 Å². The van der Waals surface area contributed by atoms with Gasteiger partial charge in [0.15, 0.2) is 0 Å². The van der Waals surface area contributed by atoms with Crippen molar-refractivity contribution in [2.75, 3.05) is 7.11 Å². The number of benzene rings is 2. The lowest BCUT2D eigenvalue weighted by atomic mass is 9.79. The average molecular weight is 443 g/mol. The van der Waals surface area contributed by atoms with Gasteiger partial charge < -0.3 is 15.2 Å². The lowest BCUT2D eigenvalue weighted by Crippen LogP contribution is -2.48. The zero-order valence-corrected chi connectivity index (χ0v) is 18.4. The van der Waals surface area contributed by atoms with Crippen molar-refractivity contribution in [1.82, 2.24) is 10.8 Å². The number of aliphatic carboxylic acids is 1. The van der Waals surface area contributed by atoms with E-state index in [1.54, 1.807) is 60.1 Å². The fourth-order valence-electron chi connectivity index (χ4n) is 3.67. The van der Waals surface area contributed by atoms with Crippen molar-refractivity contribution in [3.63, 3.8) is 0 Å². The van der Waals surface area contributed by atoms with E-state index in [0.29, 0.717) is 23.3 Å². The maximum atomic E-state index is 13.3. The average Bonchev–Trinajstić information content (AvgIpc) is 2.78. The lowest BCUT2D eigenvalue weighted by molar-refractivity contribution is -0.143. The van der Waals surface area contributed by atoms with Crippen molar-refractivity contribution in [3.05, 3.63) is 65.7 Å². The van der Waals surface area contributed by atoms with Gasteiger partial charge in [-0.1, -0.05) is 56.3 Å². The number of carboxylic acids is 1. The van der Waals surface area contributed by atoms with E-state index in [0.717, 1.165) is 0 Å². The van der Waals surface area contributed by atoms with Gasteiger partial charge in [-0.2, -0.15) is 0 Å². The molecule has 4 N–H and O–H groups in total. The highest BCUT2D eigenvalue weighted by Crippen LogP contribution is 2.30. The first-order chi connectivity index (χ1) is 15.3. The molecule has 32 heavy (non-hydrogen) atoms. The molecule has 0 aliphatic heterocycles. The molecule has 3 unspecified atom stereocenters. The van der Waals surface area contributed by atoms with Crippen LogP contribution in [0, 0.1) is 11.8 Å². The second-order valence-electron chi connectivity index (χ2n) is 8.05. The van der Waals surface area contributed by atoms with Gasteiger partial charge in [-0.3, -0.25) is 14.8 Å². The first-order valence-electron chi connectivity index (χ1n) is 10.4. The van der Waals surface area contributed by atoms with Crippen molar-refractivity contribution in [2.24, 2.45) is 11.8 Å². The molecule has 2 aromatic carbocycles. The largest absolute Gasteiger partial charge is 0.497 e. The lowest BCUT2D eigenvalue weighted by Gasteiger charge is -2.28. The normalized spacial score (nSPS) is 13.7. The highest BCUT2D eigenvalue weighted by molar-refractivity contribution is 5.92. The molecular formula is C24H30N2O6. The fourth-order valence-corrected chi connectivity index (χ4v) is 3.67. The summed E-state index contributed by atoms with van der Waals surface area (Å²) in [6.45, 7) is 3.82. The minimum Gasteiger partial charge on any atom is -0.497 e. The van der Waals surface area contributed by atoms with E-state index in [4.69, 9.17) is 4.74 Å². The van der Waals surface area contributed by atoms with E-state index in [9.17, 15) is 24.7 Å². The Labute approximate surface area is 187 Å². The fraction of sp³-hybridized carbons (Fsp3) is 0.375. The van der Waals surface area contributed by atoms with E-state index < -0.39 is 35.7 Å². The van der Waals surface area contributed by atoms with Gasteiger partial charge in [0.2, 0.25) is 5.91 Å². The predicted molar refractivity (Wildman–Crippen MR) is 118 cm³/mol. The van der Waals surface area contributed by atoms with Gasteiger partial charge in [-0.15, -0.1) is 0 Å². The number of hydrogen-bond donors (Lipinski definition) is 4. The van der Waals surface area contributed by atoms with Crippen LogP contribution < -0.4 is 15.5 Å². The third-order valence-electron chi connectivity index (χ3n) is 5.23. The zero-order chi connectivity index (χ0) is 23.7. The number of carboxylic acid groups (broad SMARTS) is 1. The maximum Gasteiger partial charge on any atom is 0.326 e. The van der Waals surface area contributed by atoms with Crippen LogP contribution in [0.1, 0.15) is 37.3 Å². The number of hydroxylamine groups is 1. The number of carbonyl (C=O) groups is 3. The van der Waals surface area contributed by atoms with E-state index in [2.05, 4.69) is 5.32 Å². The Balaban J connectivity index is 2.30. The van der Waals surface area contributed by atoms with Gasteiger partial charge in [0.1, 0.15) is 11.8 Å². The van der Waals surface area contributed by atoms with Gasteiger partial charge in [0.25, 0.3) is 5.91 Å². The molecule has 3 atom stereocenters. The second-order valence-corrected chi connectivity index (χ2v) is 8.05. The van der Waals surface area contributed by atoms with Crippen molar-refractivity contribution < 1.29 is 29.4 Å². The number of methoxy groups -OCH3 is 1. The summed E-state index contributed by atoms with van der Waals surface area (Å²) >= 11 is 0. The molecule has 0 fully saturated rings. The number of rotatable bonds is 11. The van der Waals surface area contributed by atoms with Gasteiger partial charge in [-0.05, 0) is 35.6 Å². The molecule has 0 saturated heterocycles. The van der Waals surface area contributed by atoms with Crippen LogP contribution >= 0.6 is 0 Å². The number of nitrogens with one attached hydrogen (secondary N) is 2. The maximum absolute atomic E-state index is 13.3. The topological polar surface area (TPSA) is 125 Å². The Morgan fingerprint density at radius 2 is 1.59 bits per heavy atom. The Kier molecular flexibility index (Phi) is 9.22. The van der Waals surface area contributed by atoms with Crippen LogP contribution in [0.15, 0.2) is 54.6 Å². The number of ether oxygens (including phenoxy) is 1. The summed E-state index contributed by atoms with van der Waals surface area (Å²) in [5.74, 6) is -3.62. The molecule has 0 bridgehead atoms. The Hall–Kier alpha value is -3.39. The zero-order valence-electron chi connectivity index (χ0n) is 18.4. The van der Waals surface area contributed by atoms with E-state index >= 15 is 0 Å². The van der Waals surface area contributed by atoms with Crippen molar-refractivity contribution in [3.8, 4) is 5.75 Å². The van der Waals surface area contributed by atoms with E-state index in [1.807, 2.05) is 13.8 Å². The van der Waals surface area contributed by atoms with Crippen LogP contribution in [0.25, 0.3) is 0 Å². The van der Waals surface area contributed by atoms with E-state index in [-0.39, 0.29) is 12.3 Å². The molecule has 0 heterocycles. The Morgan fingerprint density at radius 1 is 0.969 bits per heavy atom. The number of amides is 2. The molecule has 8 heteroatoms. The van der Waals surface area contributed by atoms with Gasteiger partial charge in [-0.25, -0.2) is 10.3 Å². The monoisotopic (exact) mass is 442 g/mol. The first-order valence-corrected chi connectivity index (χ1v) is 10.4. The van der Waals surface area contributed by atoms with Crippen molar-refractivity contribution in [1.29, 1.82) is 0 Å². The summed E-state index contributed by atoms with van der Waals surface area (Å²) < 4.78 is 5.11. The van der Waals surface area contributed by atoms with Crippen LogP contribution in [0.3, 0.4) is 0 Å². The van der Waals surface area contributed by atoms with Crippen LogP contribution in [-0.4, -0.2) is 41.2 Å². The number of hydrogen-bond acceptors (Lipinski definition) is 5. The standard InChI is InChI=1S/C24H30N2O6/c1-15(2)13-19(21(23(28)26-31)17-7-5-4-6-8-17)22(27)25-20(24(29)30)14-16-9-11-18(32-3)12-10-16/h4-12,15,19-21,31H,13-14H2,1-3H3,(H,25,27)(H,26,28)(H,29,30). The number of carbonyl (C=O) groups excluding carboxylic acids is 2. The summed E-state index contributed by atoms with van der Waals surface area (Å²) in [7, 11) is 1.54. The highest BCUT2D eigenvalue weighted by atomic mass is 16.5. The summed E-state index contributed by atoms with van der Waals surface area (Å²) in [5.41, 5.74) is 2.92. The molecule has 0 saturated carbocycles.